The third-order valence-electron chi connectivity index (χ3n) is 8.35. The summed E-state index contributed by atoms with van der Waals surface area (Å²) >= 11 is 0. The van der Waals surface area contributed by atoms with Crippen molar-refractivity contribution >= 4 is 16.8 Å². The summed E-state index contributed by atoms with van der Waals surface area (Å²) in [5.41, 5.74) is 6.33. The van der Waals surface area contributed by atoms with Crippen molar-refractivity contribution in [2.75, 3.05) is 20.8 Å². The smallest absolute Gasteiger partial charge is 0.220 e. The minimum Gasteiger partial charge on any atom is -0.497 e. The number of hydrogen-bond acceptors (Lipinski definition) is 5. The van der Waals surface area contributed by atoms with Crippen LogP contribution >= 0.6 is 0 Å². The molecular weight excluding hydrogens is 586 g/mol. The fourth-order valence-electron chi connectivity index (χ4n) is 5.91. The molecule has 0 unspecified atom stereocenters. The number of carbonyl (C=O) groups excluding carboxylic acids is 1. The predicted octanol–water partition coefficient (Wildman–Crippen LogP) is 7.56. The number of hydrogen-bond donors (Lipinski definition) is 1. The normalized spacial score (nSPS) is 11.6. The van der Waals surface area contributed by atoms with Crippen LogP contribution in [0.5, 0.6) is 17.2 Å². The maximum Gasteiger partial charge on any atom is 0.220 e. The number of ether oxygens (including phenoxy) is 3. The van der Waals surface area contributed by atoms with Crippen LogP contribution in [0.15, 0.2) is 128 Å². The van der Waals surface area contributed by atoms with Crippen molar-refractivity contribution in [2.24, 2.45) is 0 Å². The summed E-state index contributed by atoms with van der Waals surface area (Å²) in [6.45, 7) is 1.62. The summed E-state index contributed by atoms with van der Waals surface area (Å²) in [5, 5.41) is 4.24. The molecule has 6 rings (SSSR count). The molecule has 47 heavy (non-hydrogen) atoms. The number of nitrogens with zero attached hydrogens (tertiary/aromatic N) is 2. The number of aromatic nitrogens is 2. The molecule has 1 atom stereocenters. The number of fused-ring (bicyclic) bond motifs is 1. The minimum absolute atomic E-state index is 0.0266. The van der Waals surface area contributed by atoms with E-state index in [9.17, 15) is 4.79 Å². The van der Waals surface area contributed by atoms with Crippen molar-refractivity contribution in [3.05, 3.63) is 156 Å². The molecule has 0 bridgehead atoms. The Kier molecular flexibility index (Phi) is 10.1. The number of nitrogens with one attached hydrogen (secondary N) is 1. The van der Waals surface area contributed by atoms with Crippen LogP contribution in [0.2, 0.25) is 0 Å². The van der Waals surface area contributed by atoms with E-state index in [0.29, 0.717) is 37.6 Å². The van der Waals surface area contributed by atoms with Gasteiger partial charge in [-0.05, 0) is 64.7 Å². The molecule has 2 heterocycles. The van der Waals surface area contributed by atoms with E-state index in [1.165, 1.54) is 0 Å². The van der Waals surface area contributed by atoms with Gasteiger partial charge >= 0.3 is 0 Å². The number of methoxy groups -OCH3 is 2. The first kappa shape index (κ1) is 31.4. The van der Waals surface area contributed by atoms with Crippen LogP contribution in [-0.4, -0.2) is 36.2 Å². The Bertz CT molecular complexity index is 1900. The number of amides is 1. The molecule has 1 N–H and O–H groups in total. The van der Waals surface area contributed by atoms with Crippen LogP contribution in [0.1, 0.15) is 40.3 Å². The van der Waals surface area contributed by atoms with Crippen LogP contribution in [0.4, 0.5) is 0 Å². The van der Waals surface area contributed by atoms with E-state index >= 15 is 0 Å². The van der Waals surface area contributed by atoms with Gasteiger partial charge in [-0.25, -0.2) is 0 Å². The molecule has 7 nitrogen and oxygen atoms in total. The second-order valence-corrected chi connectivity index (χ2v) is 11.4. The van der Waals surface area contributed by atoms with Gasteiger partial charge in [-0.1, -0.05) is 72.8 Å². The molecule has 0 aliphatic rings. The van der Waals surface area contributed by atoms with Gasteiger partial charge in [0.05, 0.1) is 14.2 Å². The molecule has 238 valence electrons. The van der Waals surface area contributed by atoms with Crippen molar-refractivity contribution in [1.82, 2.24) is 14.9 Å². The molecule has 0 saturated carbocycles. The van der Waals surface area contributed by atoms with Gasteiger partial charge in [0.2, 0.25) is 5.91 Å². The van der Waals surface area contributed by atoms with Gasteiger partial charge in [-0.3, -0.25) is 9.78 Å². The van der Waals surface area contributed by atoms with E-state index in [0.717, 1.165) is 44.6 Å². The topological polar surface area (TPSA) is 74.6 Å². The minimum atomic E-state index is -0.232. The van der Waals surface area contributed by atoms with Crippen molar-refractivity contribution in [3.8, 4) is 17.2 Å². The molecule has 6 aromatic rings. The van der Waals surface area contributed by atoms with Crippen LogP contribution in [0, 0.1) is 0 Å². The van der Waals surface area contributed by atoms with E-state index in [-0.39, 0.29) is 18.2 Å². The first-order valence-corrected chi connectivity index (χ1v) is 15.8. The monoisotopic (exact) mass is 625 g/mol. The largest absolute Gasteiger partial charge is 0.497 e. The Labute approximate surface area is 275 Å². The third-order valence-corrected chi connectivity index (χ3v) is 8.35. The van der Waals surface area contributed by atoms with Crippen molar-refractivity contribution < 1.29 is 19.0 Å². The molecule has 0 aliphatic heterocycles. The van der Waals surface area contributed by atoms with E-state index < -0.39 is 0 Å². The lowest BCUT2D eigenvalue weighted by atomic mass is 9.87. The maximum absolute atomic E-state index is 13.6. The Morgan fingerprint density at radius 1 is 0.809 bits per heavy atom. The first-order valence-electron chi connectivity index (χ1n) is 15.8. The zero-order valence-electron chi connectivity index (χ0n) is 26.8. The van der Waals surface area contributed by atoms with E-state index in [2.05, 4.69) is 57.5 Å². The summed E-state index contributed by atoms with van der Waals surface area (Å²) < 4.78 is 19.6. The van der Waals surface area contributed by atoms with Gasteiger partial charge in [0.25, 0.3) is 0 Å². The molecule has 0 fully saturated rings. The van der Waals surface area contributed by atoms with E-state index in [1.807, 2.05) is 78.9 Å². The summed E-state index contributed by atoms with van der Waals surface area (Å²) in [6.07, 6.45) is 4.90. The van der Waals surface area contributed by atoms with E-state index in [4.69, 9.17) is 14.2 Å². The second-order valence-electron chi connectivity index (χ2n) is 11.4. The van der Waals surface area contributed by atoms with Gasteiger partial charge in [-0.2, -0.15) is 0 Å². The molecule has 1 amide bonds. The zero-order chi connectivity index (χ0) is 32.4. The quantitative estimate of drug-likeness (QED) is 0.135. The molecule has 4 aromatic carbocycles. The SMILES string of the molecule is COc1ccc(Cn2cc([C@@H](CC(=O)NCCc3ccccn3)c3ccc(OCc4ccccc4)c(OC)c3)c3ccccc32)cc1. The molecule has 0 spiro atoms. The highest BCUT2D eigenvalue weighted by molar-refractivity contribution is 5.87. The standard InChI is InChI=1S/C40H39N3O4/c1-45-33-18-15-29(16-19-33)26-43-27-36(34-13-6-7-14-37(34)43)35(25-40(44)42-23-21-32-12-8-9-22-41-32)31-17-20-38(39(24-31)46-2)47-28-30-10-4-3-5-11-30/h3-20,22,24,27,35H,21,23,25-26,28H2,1-2H3,(H,42,44)/t35-/m0/s1. The summed E-state index contributed by atoms with van der Waals surface area (Å²) in [4.78, 5) is 17.9. The van der Waals surface area contributed by atoms with Crippen LogP contribution in [-0.2, 0) is 24.4 Å². The Morgan fingerprint density at radius 2 is 1.60 bits per heavy atom. The molecular formula is C40H39N3O4. The van der Waals surface area contributed by atoms with Crippen LogP contribution in [0.3, 0.4) is 0 Å². The van der Waals surface area contributed by atoms with Crippen LogP contribution < -0.4 is 19.5 Å². The first-order chi connectivity index (χ1) is 23.1. The number of benzene rings is 4. The van der Waals surface area contributed by atoms with Crippen molar-refractivity contribution in [1.29, 1.82) is 0 Å². The van der Waals surface area contributed by atoms with Gasteiger partial charge in [0.1, 0.15) is 12.4 Å². The summed E-state index contributed by atoms with van der Waals surface area (Å²) in [5.74, 6) is 1.85. The predicted molar refractivity (Wildman–Crippen MR) is 185 cm³/mol. The van der Waals surface area contributed by atoms with Gasteiger partial charge in [-0.15, -0.1) is 0 Å². The average Bonchev–Trinajstić information content (AvgIpc) is 3.48. The lowest BCUT2D eigenvalue weighted by Crippen LogP contribution is -2.27. The van der Waals surface area contributed by atoms with Crippen molar-refractivity contribution in [3.63, 3.8) is 0 Å². The van der Waals surface area contributed by atoms with Gasteiger partial charge in [0, 0.05) is 60.8 Å². The molecule has 0 saturated heterocycles. The average molecular weight is 626 g/mol. The lowest BCUT2D eigenvalue weighted by molar-refractivity contribution is -0.121. The number of carbonyl (C=O) groups is 1. The molecule has 7 heteroatoms. The second kappa shape index (κ2) is 15.1. The highest BCUT2D eigenvalue weighted by Crippen LogP contribution is 2.39. The van der Waals surface area contributed by atoms with Gasteiger partial charge in [0.15, 0.2) is 11.5 Å². The van der Waals surface area contributed by atoms with Crippen LogP contribution in [0.25, 0.3) is 10.9 Å². The fraction of sp³-hybridized carbons (Fsp3) is 0.200. The van der Waals surface area contributed by atoms with Crippen molar-refractivity contribution in [2.45, 2.75) is 31.9 Å². The Balaban J connectivity index is 1.32. The molecule has 0 radical (unpaired) electrons. The number of para-hydroxylation sites is 1. The van der Waals surface area contributed by atoms with E-state index in [1.54, 1.807) is 20.4 Å². The van der Waals surface area contributed by atoms with Gasteiger partial charge < -0.3 is 24.1 Å². The third kappa shape index (κ3) is 7.82. The maximum atomic E-state index is 13.6. The highest BCUT2D eigenvalue weighted by Gasteiger charge is 2.24. The molecule has 2 aromatic heterocycles. The summed E-state index contributed by atoms with van der Waals surface area (Å²) in [7, 11) is 3.32. The Hall–Kier alpha value is -5.56. The fourth-order valence-corrected chi connectivity index (χ4v) is 5.91. The molecule has 0 aliphatic carbocycles. The lowest BCUT2D eigenvalue weighted by Gasteiger charge is -2.19. The number of rotatable bonds is 14. The summed E-state index contributed by atoms with van der Waals surface area (Å²) in [6, 6.07) is 38.4. The Morgan fingerprint density at radius 3 is 2.36 bits per heavy atom. The highest BCUT2D eigenvalue weighted by atomic mass is 16.5. The number of pyridine rings is 1. The zero-order valence-corrected chi connectivity index (χ0v) is 26.8.